The minimum atomic E-state index is -0.335. The summed E-state index contributed by atoms with van der Waals surface area (Å²) in [7, 11) is 0. The highest BCUT2D eigenvalue weighted by atomic mass is 16.5. The van der Waals surface area contributed by atoms with E-state index in [1.165, 1.54) is 19.3 Å². The number of hydrogen-bond donors (Lipinski definition) is 1. The van der Waals surface area contributed by atoms with E-state index in [0.717, 1.165) is 26.1 Å². The van der Waals surface area contributed by atoms with Crippen LogP contribution in [-0.4, -0.2) is 37.6 Å². The van der Waals surface area contributed by atoms with Gasteiger partial charge in [0.15, 0.2) is 0 Å². The van der Waals surface area contributed by atoms with Crippen molar-refractivity contribution in [3.8, 4) is 0 Å². The van der Waals surface area contributed by atoms with Crippen molar-refractivity contribution in [1.82, 2.24) is 0 Å². The van der Waals surface area contributed by atoms with Crippen molar-refractivity contribution in [2.75, 3.05) is 26.4 Å². The maximum Gasteiger partial charge on any atom is 0.0824 e. The lowest BCUT2D eigenvalue weighted by Gasteiger charge is -2.16. The fourth-order valence-corrected chi connectivity index (χ4v) is 1.83. The Balaban J connectivity index is 1.90. The van der Waals surface area contributed by atoms with Gasteiger partial charge in [-0.15, -0.1) is 0 Å². The second kappa shape index (κ2) is 8.08. The fourth-order valence-electron chi connectivity index (χ4n) is 1.83. The van der Waals surface area contributed by atoms with Gasteiger partial charge in [0.05, 0.1) is 19.3 Å². The van der Waals surface area contributed by atoms with Gasteiger partial charge in [0, 0.05) is 19.1 Å². The van der Waals surface area contributed by atoms with Gasteiger partial charge in [-0.2, -0.15) is 0 Å². The molecule has 0 aromatic carbocycles. The van der Waals surface area contributed by atoms with Crippen LogP contribution in [0.3, 0.4) is 0 Å². The maximum atomic E-state index is 9.75. The van der Waals surface area contributed by atoms with E-state index >= 15 is 0 Å². The molecule has 0 spiro atoms. The van der Waals surface area contributed by atoms with E-state index < -0.39 is 0 Å². The number of rotatable bonds is 8. The molecule has 15 heavy (non-hydrogen) atoms. The predicted molar refractivity (Wildman–Crippen MR) is 59.9 cm³/mol. The highest BCUT2D eigenvalue weighted by Crippen LogP contribution is 2.16. The Labute approximate surface area is 92.8 Å². The summed E-state index contributed by atoms with van der Waals surface area (Å²) in [5.41, 5.74) is 0. The molecule has 1 rings (SSSR count). The van der Waals surface area contributed by atoms with Crippen LogP contribution in [0, 0.1) is 5.92 Å². The minimum absolute atomic E-state index is 0.292. The summed E-state index contributed by atoms with van der Waals surface area (Å²) >= 11 is 0. The summed E-state index contributed by atoms with van der Waals surface area (Å²) < 4.78 is 10.7. The van der Waals surface area contributed by atoms with Gasteiger partial charge in [-0.1, -0.05) is 26.2 Å². The van der Waals surface area contributed by atoms with Crippen LogP contribution in [0.4, 0.5) is 0 Å². The molecule has 0 aromatic rings. The highest BCUT2D eigenvalue weighted by Gasteiger charge is 2.23. The average Bonchev–Trinajstić information content (AvgIpc) is 2.76. The standard InChI is InChI=1S/C12H24O3/c1-2-3-4-5-7-14-10-12(13)11-6-8-15-9-11/h11-13H,2-10H2,1H3. The molecule has 3 nitrogen and oxygen atoms in total. The quantitative estimate of drug-likeness (QED) is 0.631. The van der Waals surface area contributed by atoms with E-state index in [1.807, 2.05) is 0 Å². The summed E-state index contributed by atoms with van der Waals surface area (Å²) in [6, 6.07) is 0. The van der Waals surface area contributed by atoms with Gasteiger partial charge in [0.25, 0.3) is 0 Å². The first kappa shape index (κ1) is 12.9. The minimum Gasteiger partial charge on any atom is -0.390 e. The third kappa shape index (κ3) is 5.50. The van der Waals surface area contributed by atoms with Gasteiger partial charge >= 0.3 is 0 Å². The van der Waals surface area contributed by atoms with Gasteiger partial charge in [-0.25, -0.2) is 0 Å². The van der Waals surface area contributed by atoms with Gasteiger partial charge in [0.2, 0.25) is 0 Å². The Bertz CT molecular complexity index is 144. The Kier molecular flexibility index (Phi) is 6.98. The van der Waals surface area contributed by atoms with Crippen LogP contribution in [0.1, 0.15) is 39.0 Å². The average molecular weight is 216 g/mol. The molecule has 0 aromatic heterocycles. The van der Waals surface area contributed by atoms with E-state index in [1.54, 1.807) is 0 Å². The summed E-state index contributed by atoms with van der Waals surface area (Å²) in [6.45, 7) is 4.94. The van der Waals surface area contributed by atoms with Gasteiger partial charge in [0.1, 0.15) is 0 Å². The molecule has 90 valence electrons. The Morgan fingerprint density at radius 1 is 1.40 bits per heavy atom. The molecule has 0 bridgehead atoms. The molecule has 0 amide bonds. The molecular weight excluding hydrogens is 192 g/mol. The largest absolute Gasteiger partial charge is 0.390 e. The smallest absolute Gasteiger partial charge is 0.0824 e. The number of ether oxygens (including phenoxy) is 2. The molecule has 1 heterocycles. The molecule has 1 fully saturated rings. The zero-order valence-corrected chi connectivity index (χ0v) is 9.78. The van der Waals surface area contributed by atoms with Crippen molar-refractivity contribution in [1.29, 1.82) is 0 Å². The fraction of sp³-hybridized carbons (Fsp3) is 1.00. The lowest BCUT2D eigenvalue weighted by Crippen LogP contribution is -2.26. The Morgan fingerprint density at radius 3 is 2.93 bits per heavy atom. The van der Waals surface area contributed by atoms with Crippen molar-refractivity contribution in [2.24, 2.45) is 5.92 Å². The summed E-state index contributed by atoms with van der Waals surface area (Å²) in [5, 5.41) is 9.75. The number of aliphatic hydroxyl groups excluding tert-OH is 1. The lowest BCUT2D eigenvalue weighted by molar-refractivity contribution is 0.00115. The first-order chi connectivity index (χ1) is 7.34. The van der Waals surface area contributed by atoms with E-state index in [0.29, 0.717) is 19.1 Å². The van der Waals surface area contributed by atoms with E-state index in [2.05, 4.69) is 6.92 Å². The third-order valence-corrected chi connectivity index (χ3v) is 2.94. The second-order valence-electron chi connectivity index (χ2n) is 4.33. The number of aliphatic hydroxyl groups is 1. The van der Waals surface area contributed by atoms with Crippen molar-refractivity contribution < 1.29 is 14.6 Å². The molecule has 2 atom stereocenters. The van der Waals surface area contributed by atoms with Crippen LogP contribution in [0.15, 0.2) is 0 Å². The molecule has 1 aliphatic heterocycles. The van der Waals surface area contributed by atoms with Crippen molar-refractivity contribution in [2.45, 2.75) is 45.1 Å². The summed E-state index contributed by atoms with van der Waals surface area (Å²) in [5.74, 6) is 0.292. The number of unbranched alkanes of at least 4 members (excludes halogenated alkanes) is 3. The molecule has 0 saturated carbocycles. The van der Waals surface area contributed by atoms with Crippen molar-refractivity contribution in [3.63, 3.8) is 0 Å². The van der Waals surface area contributed by atoms with Crippen LogP contribution in [0.25, 0.3) is 0 Å². The van der Waals surface area contributed by atoms with E-state index in [9.17, 15) is 5.11 Å². The molecule has 2 unspecified atom stereocenters. The molecule has 1 N–H and O–H groups in total. The number of hydrogen-bond acceptors (Lipinski definition) is 3. The summed E-state index contributed by atoms with van der Waals surface area (Å²) in [6.07, 6.45) is 5.52. The zero-order chi connectivity index (χ0) is 10.9. The lowest BCUT2D eigenvalue weighted by atomic mass is 10.0. The van der Waals surface area contributed by atoms with Crippen LogP contribution < -0.4 is 0 Å². The Hall–Kier alpha value is -0.120. The Morgan fingerprint density at radius 2 is 2.27 bits per heavy atom. The van der Waals surface area contributed by atoms with Crippen LogP contribution in [0.2, 0.25) is 0 Å². The van der Waals surface area contributed by atoms with Crippen LogP contribution >= 0.6 is 0 Å². The van der Waals surface area contributed by atoms with Crippen molar-refractivity contribution >= 4 is 0 Å². The highest BCUT2D eigenvalue weighted by molar-refractivity contribution is 4.72. The van der Waals surface area contributed by atoms with Gasteiger partial charge < -0.3 is 14.6 Å². The first-order valence-electron chi connectivity index (χ1n) is 6.18. The maximum absolute atomic E-state index is 9.75. The van der Waals surface area contributed by atoms with Gasteiger partial charge in [-0.05, 0) is 12.8 Å². The molecule has 1 aliphatic rings. The molecule has 1 saturated heterocycles. The predicted octanol–water partition coefficient (Wildman–Crippen LogP) is 1.98. The monoisotopic (exact) mass is 216 g/mol. The molecule has 0 radical (unpaired) electrons. The van der Waals surface area contributed by atoms with Gasteiger partial charge in [-0.3, -0.25) is 0 Å². The SMILES string of the molecule is CCCCCCOCC(O)C1CCOC1. The van der Waals surface area contributed by atoms with Crippen molar-refractivity contribution in [3.05, 3.63) is 0 Å². The first-order valence-corrected chi connectivity index (χ1v) is 6.18. The molecule has 3 heteroatoms. The van der Waals surface area contributed by atoms with E-state index in [4.69, 9.17) is 9.47 Å². The van der Waals surface area contributed by atoms with Crippen LogP contribution in [-0.2, 0) is 9.47 Å². The molecule has 0 aliphatic carbocycles. The second-order valence-corrected chi connectivity index (χ2v) is 4.33. The topological polar surface area (TPSA) is 38.7 Å². The van der Waals surface area contributed by atoms with E-state index in [-0.39, 0.29) is 6.10 Å². The van der Waals surface area contributed by atoms with Crippen LogP contribution in [0.5, 0.6) is 0 Å². The normalized spacial score (nSPS) is 23.2. The molecular formula is C12H24O3. The third-order valence-electron chi connectivity index (χ3n) is 2.94. The summed E-state index contributed by atoms with van der Waals surface area (Å²) in [4.78, 5) is 0. The zero-order valence-electron chi connectivity index (χ0n) is 9.78.